The van der Waals surface area contributed by atoms with Gasteiger partial charge in [0.25, 0.3) is 0 Å². The molecule has 1 atom stereocenters. The summed E-state index contributed by atoms with van der Waals surface area (Å²) in [5.41, 5.74) is 2.05. The molecule has 0 radical (unpaired) electrons. The van der Waals surface area contributed by atoms with Gasteiger partial charge in [-0.3, -0.25) is 0 Å². The second-order valence-electron chi connectivity index (χ2n) is 6.83. The van der Waals surface area contributed by atoms with Crippen molar-refractivity contribution in [2.75, 3.05) is 18.5 Å². The van der Waals surface area contributed by atoms with Crippen LogP contribution in [0.3, 0.4) is 0 Å². The zero-order valence-corrected chi connectivity index (χ0v) is 16.1. The van der Waals surface area contributed by atoms with E-state index >= 15 is 0 Å². The molecule has 8 nitrogen and oxygen atoms in total. The van der Waals surface area contributed by atoms with Crippen LogP contribution in [0.5, 0.6) is 5.75 Å². The number of hydrogen-bond acceptors (Lipinski definition) is 7. The van der Waals surface area contributed by atoms with Gasteiger partial charge in [-0.25, -0.2) is 4.79 Å². The fourth-order valence-corrected chi connectivity index (χ4v) is 2.95. The molecule has 2 heterocycles. The minimum absolute atomic E-state index is 0.299. The Balaban J connectivity index is 1.89. The topological polar surface area (TPSA) is 91.2 Å². The summed E-state index contributed by atoms with van der Waals surface area (Å²) in [4.78, 5) is 12.6. The van der Waals surface area contributed by atoms with E-state index in [1.807, 2.05) is 31.2 Å². The van der Waals surface area contributed by atoms with E-state index in [0.29, 0.717) is 36.4 Å². The van der Waals surface area contributed by atoms with Crippen molar-refractivity contribution in [1.29, 1.82) is 0 Å². The number of tetrazole rings is 1. The first-order valence-electron chi connectivity index (χ1n) is 9.16. The van der Waals surface area contributed by atoms with Gasteiger partial charge in [0.1, 0.15) is 11.8 Å². The van der Waals surface area contributed by atoms with Crippen molar-refractivity contribution in [3.8, 4) is 5.75 Å². The predicted octanol–water partition coefficient (Wildman–Crippen LogP) is 2.95. The van der Waals surface area contributed by atoms with Crippen LogP contribution in [0, 0.1) is 5.92 Å². The number of nitrogens with one attached hydrogen (secondary N) is 1. The summed E-state index contributed by atoms with van der Waals surface area (Å²) in [7, 11) is 0. The zero-order chi connectivity index (χ0) is 19.4. The van der Waals surface area contributed by atoms with Crippen molar-refractivity contribution in [3.63, 3.8) is 0 Å². The van der Waals surface area contributed by atoms with Gasteiger partial charge in [0.2, 0.25) is 5.95 Å². The quantitative estimate of drug-likeness (QED) is 0.748. The summed E-state index contributed by atoms with van der Waals surface area (Å²) >= 11 is 0. The average Bonchev–Trinajstić information content (AvgIpc) is 3.09. The van der Waals surface area contributed by atoms with Crippen LogP contribution in [0.4, 0.5) is 5.95 Å². The van der Waals surface area contributed by atoms with E-state index in [4.69, 9.17) is 9.47 Å². The van der Waals surface area contributed by atoms with Gasteiger partial charge in [0.15, 0.2) is 0 Å². The van der Waals surface area contributed by atoms with Gasteiger partial charge in [-0.05, 0) is 54.3 Å². The standard InChI is InChI=1S/C19H25N5O3/c1-5-26-18(25)16-13(4)20-19-21-22-23-24(19)17(16)14-6-8-15(9-7-14)27-11-10-12(2)3/h6-9,12,17H,5,10-11H2,1-4H3,(H,20,21,23). The molecule has 144 valence electrons. The van der Waals surface area contributed by atoms with Crippen molar-refractivity contribution in [2.24, 2.45) is 5.92 Å². The molecule has 1 aromatic carbocycles. The molecular formula is C19H25N5O3. The number of aromatic nitrogens is 4. The maximum absolute atomic E-state index is 12.6. The molecule has 2 aromatic rings. The van der Waals surface area contributed by atoms with Crippen molar-refractivity contribution in [1.82, 2.24) is 20.2 Å². The van der Waals surface area contributed by atoms with Crippen LogP contribution < -0.4 is 10.1 Å². The summed E-state index contributed by atoms with van der Waals surface area (Å²) in [6.07, 6.45) is 0.999. The van der Waals surface area contributed by atoms with E-state index in [-0.39, 0.29) is 5.97 Å². The molecular weight excluding hydrogens is 346 g/mol. The second kappa shape index (κ2) is 8.20. The number of benzene rings is 1. The largest absolute Gasteiger partial charge is 0.494 e. The normalized spacial score (nSPS) is 16.1. The third-order valence-corrected chi connectivity index (χ3v) is 4.37. The molecule has 1 aliphatic heterocycles. The van der Waals surface area contributed by atoms with Crippen LogP contribution >= 0.6 is 0 Å². The molecule has 0 spiro atoms. The SMILES string of the molecule is CCOC(=O)C1=C(C)Nc2nnnn2C1c1ccc(OCCC(C)C)cc1. The monoisotopic (exact) mass is 371 g/mol. The lowest BCUT2D eigenvalue weighted by Gasteiger charge is -2.27. The van der Waals surface area contributed by atoms with Crippen molar-refractivity contribution in [3.05, 3.63) is 41.1 Å². The Morgan fingerprint density at radius 1 is 1.30 bits per heavy atom. The number of anilines is 1. The average molecular weight is 371 g/mol. The van der Waals surface area contributed by atoms with E-state index in [1.165, 1.54) is 0 Å². The molecule has 0 aliphatic carbocycles. The second-order valence-corrected chi connectivity index (χ2v) is 6.83. The van der Waals surface area contributed by atoms with Crippen LogP contribution in [0.2, 0.25) is 0 Å². The Morgan fingerprint density at radius 3 is 2.70 bits per heavy atom. The number of carbonyl (C=O) groups excluding carboxylic acids is 1. The molecule has 1 N–H and O–H groups in total. The van der Waals surface area contributed by atoms with Crippen molar-refractivity contribution >= 4 is 11.9 Å². The number of carbonyl (C=O) groups is 1. The van der Waals surface area contributed by atoms with E-state index < -0.39 is 6.04 Å². The molecule has 8 heteroatoms. The minimum Gasteiger partial charge on any atom is -0.494 e. The van der Waals surface area contributed by atoms with E-state index in [0.717, 1.165) is 17.7 Å². The molecule has 0 saturated carbocycles. The fraction of sp³-hybridized carbons (Fsp3) is 0.474. The molecule has 1 unspecified atom stereocenters. The molecule has 1 aliphatic rings. The third kappa shape index (κ3) is 4.10. The van der Waals surface area contributed by atoms with Gasteiger partial charge in [-0.15, -0.1) is 0 Å². The number of hydrogen-bond donors (Lipinski definition) is 1. The van der Waals surface area contributed by atoms with E-state index in [2.05, 4.69) is 34.7 Å². The number of fused-ring (bicyclic) bond motifs is 1. The van der Waals surface area contributed by atoms with Gasteiger partial charge in [-0.2, -0.15) is 4.68 Å². The maximum atomic E-state index is 12.6. The van der Waals surface area contributed by atoms with Crippen LogP contribution in [0.25, 0.3) is 0 Å². The summed E-state index contributed by atoms with van der Waals surface area (Å²) in [5, 5.41) is 14.8. The van der Waals surface area contributed by atoms with Gasteiger partial charge in [-0.1, -0.05) is 31.1 Å². The summed E-state index contributed by atoms with van der Waals surface area (Å²) in [6.45, 7) is 8.91. The summed E-state index contributed by atoms with van der Waals surface area (Å²) < 4.78 is 12.6. The lowest BCUT2D eigenvalue weighted by molar-refractivity contribution is -0.139. The Morgan fingerprint density at radius 2 is 2.04 bits per heavy atom. The molecule has 0 fully saturated rings. The van der Waals surface area contributed by atoms with Gasteiger partial charge in [0, 0.05) is 5.70 Å². The number of ether oxygens (including phenoxy) is 2. The number of nitrogens with zero attached hydrogens (tertiary/aromatic N) is 4. The Hall–Kier alpha value is -2.90. The molecule has 27 heavy (non-hydrogen) atoms. The highest BCUT2D eigenvalue weighted by molar-refractivity contribution is 5.92. The van der Waals surface area contributed by atoms with Crippen LogP contribution in [0.15, 0.2) is 35.5 Å². The number of esters is 1. The van der Waals surface area contributed by atoms with Crippen molar-refractivity contribution < 1.29 is 14.3 Å². The third-order valence-electron chi connectivity index (χ3n) is 4.37. The smallest absolute Gasteiger partial charge is 0.338 e. The van der Waals surface area contributed by atoms with E-state index in [9.17, 15) is 4.79 Å². The Bertz CT molecular complexity index is 826. The van der Waals surface area contributed by atoms with Crippen LogP contribution in [-0.2, 0) is 9.53 Å². The van der Waals surface area contributed by atoms with E-state index in [1.54, 1.807) is 11.6 Å². The van der Waals surface area contributed by atoms with Crippen molar-refractivity contribution in [2.45, 2.75) is 40.2 Å². The summed E-state index contributed by atoms with van der Waals surface area (Å²) in [5.74, 6) is 1.50. The highest BCUT2D eigenvalue weighted by Crippen LogP contribution is 2.35. The van der Waals surface area contributed by atoms with Crippen LogP contribution in [-0.4, -0.2) is 39.4 Å². The van der Waals surface area contributed by atoms with Gasteiger partial charge in [0.05, 0.1) is 18.8 Å². The lowest BCUT2D eigenvalue weighted by Crippen LogP contribution is -2.29. The Kier molecular flexibility index (Phi) is 5.73. The Labute approximate surface area is 158 Å². The highest BCUT2D eigenvalue weighted by atomic mass is 16.5. The fourth-order valence-electron chi connectivity index (χ4n) is 2.95. The molecule has 0 bridgehead atoms. The van der Waals surface area contributed by atoms with Gasteiger partial charge < -0.3 is 14.8 Å². The minimum atomic E-state index is -0.458. The summed E-state index contributed by atoms with van der Waals surface area (Å²) in [6, 6.07) is 7.21. The lowest BCUT2D eigenvalue weighted by atomic mass is 9.96. The molecule has 1 aromatic heterocycles. The van der Waals surface area contributed by atoms with Crippen LogP contribution in [0.1, 0.15) is 45.7 Å². The maximum Gasteiger partial charge on any atom is 0.338 e. The number of allylic oxidation sites excluding steroid dienone is 1. The number of rotatable bonds is 7. The zero-order valence-electron chi connectivity index (χ0n) is 16.1. The molecule has 3 rings (SSSR count). The predicted molar refractivity (Wildman–Crippen MR) is 100 cm³/mol. The highest BCUT2D eigenvalue weighted by Gasteiger charge is 2.34. The molecule has 0 amide bonds. The molecule has 0 saturated heterocycles. The first-order chi connectivity index (χ1) is 13.0. The first-order valence-corrected chi connectivity index (χ1v) is 9.16. The van der Waals surface area contributed by atoms with Gasteiger partial charge >= 0.3 is 5.97 Å². The first kappa shape index (κ1) is 18.9.